The van der Waals surface area contributed by atoms with Gasteiger partial charge in [-0.25, -0.2) is 0 Å². The second-order valence-electron chi connectivity index (χ2n) is 5.47. The van der Waals surface area contributed by atoms with Crippen molar-refractivity contribution in [3.63, 3.8) is 0 Å². The van der Waals surface area contributed by atoms with E-state index >= 15 is 0 Å². The van der Waals surface area contributed by atoms with E-state index in [0.29, 0.717) is 12.4 Å². The SMILES string of the molecule is O=[N+]([O-])c1ccc(OCCCCCCN2CCOCC2)cc1. The zero-order valence-electron chi connectivity index (χ0n) is 12.9. The first-order chi connectivity index (χ1) is 10.8. The summed E-state index contributed by atoms with van der Waals surface area (Å²) >= 11 is 0. The van der Waals surface area contributed by atoms with Gasteiger partial charge >= 0.3 is 0 Å². The first kappa shape index (κ1) is 16.7. The van der Waals surface area contributed by atoms with Crippen LogP contribution >= 0.6 is 0 Å². The summed E-state index contributed by atoms with van der Waals surface area (Å²) in [7, 11) is 0. The van der Waals surface area contributed by atoms with Crippen molar-refractivity contribution in [2.45, 2.75) is 25.7 Å². The van der Waals surface area contributed by atoms with Crippen LogP contribution in [0.15, 0.2) is 24.3 Å². The first-order valence-electron chi connectivity index (χ1n) is 7.93. The Hall–Kier alpha value is -1.66. The monoisotopic (exact) mass is 308 g/mol. The third-order valence-electron chi connectivity index (χ3n) is 3.79. The predicted molar refractivity (Wildman–Crippen MR) is 84.3 cm³/mol. The fourth-order valence-corrected chi connectivity index (χ4v) is 2.47. The highest BCUT2D eigenvalue weighted by atomic mass is 16.6. The van der Waals surface area contributed by atoms with Gasteiger partial charge in [0.05, 0.1) is 24.7 Å². The third-order valence-corrected chi connectivity index (χ3v) is 3.79. The quantitative estimate of drug-likeness (QED) is 0.399. The van der Waals surface area contributed by atoms with E-state index in [4.69, 9.17) is 9.47 Å². The van der Waals surface area contributed by atoms with E-state index in [1.807, 2.05) is 0 Å². The van der Waals surface area contributed by atoms with Crippen molar-refractivity contribution in [1.29, 1.82) is 0 Å². The maximum absolute atomic E-state index is 10.5. The molecule has 1 aliphatic rings. The Morgan fingerprint density at radius 2 is 1.77 bits per heavy atom. The van der Waals surface area contributed by atoms with E-state index in [1.165, 1.54) is 25.0 Å². The first-order valence-corrected chi connectivity index (χ1v) is 7.93. The summed E-state index contributed by atoms with van der Waals surface area (Å²) in [5.41, 5.74) is 0.0930. The fourth-order valence-electron chi connectivity index (χ4n) is 2.47. The minimum absolute atomic E-state index is 0.0930. The van der Waals surface area contributed by atoms with Crippen molar-refractivity contribution >= 4 is 5.69 Å². The topological polar surface area (TPSA) is 64.8 Å². The molecule has 0 N–H and O–H groups in total. The second-order valence-corrected chi connectivity index (χ2v) is 5.47. The average molecular weight is 308 g/mol. The zero-order chi connectivity index (χ0) is 15.6. The molecule has 1 aliphatic heterocycles. The Kier molecular flexibility index (Phi) is 7.12. The lowest BCUT2D eigenvalue weighted by molar-refractivity contribution is -0.384. The van der Waals surface area contributed by atoms with E-state index in [9.17, 15) is 10.1 Å². The molecule has 0 aliphatic carbocycles. The normalized spacial score (nSPS) is 15.6. The molecule has 1 fully saturated rings. The number of ether oxygens (including phenoxy) is 2. The Morgan fingerprint density at radius 3 is 2.45 bits per heavy atom. The van der Waals surface area contributed by atoms with Crippen LogP contribution in [0, 0.1) is 10.1 Å². The molecule has 0 saturated carbocycles. The van der Waals surface area contributed by atoms with Crippen molar-refractivity contribution in [3.05, 3.63) is 34.4 Å². The lowest BCUT2D eigenvalue weighted by atomic mass is 10.2. The summed E-state index contributed by atoms with van der Waals surface area (Å²) < 4.78 is 10.9. The molecule has 1 aromatic rings. The summed E-state index contributed by atoms with van der Waals surface area (Å²) in [6.45, 7) is 5.67. The highest BCUT2D eigenvalue weighted by Crippen LogP contribution is 2.17. The molecule has 6 nitrogen and oxygen atoms in total. The lowest BCUT2D eigenvalue weighted by Gasteiger charge is -2.26. The number of hydrogen-bond donors (Lipinski definition) is 0. The van der Waals surface area contributed by atoms with Gasteiger partial charge in [0.15, 0.2) is 0 Å². The van der Waals surface area contributed by atoms with Crippen LogP contribution in [0.2, 0.25) is 0 Å². The van der Waals surface area contributed by atoms with Gasteiger partial charge in [-0.3, -0.25) is 15.0 Å². The molecule has 0 spiro atoms. The van der Waals surface area contributed by atoms with Gasteiger partial charge in [-0.05, 0) is 31.5 Å². The van der Waals surface area contributed by atoms with Crippen molar-refractivity contribution in [2.24, 2.45) is 0 Å². The number of nitrogens with zero attached hydrogens (tertiary/aromatic N) is 2. The van der Waals surface area contributed by atoms with Crippen LogP contribution in [0.3, 0.4) is 0 Å². The van der Waals surface area contributed by atoms with Crippen LogP contribution in [0.5, 0.6) is 5.75 Å². The minimum atomic E-state index is -0.405. The van der Waals surface area contributed by atoms with Crippen molar-refractivity contribution in [2.75, 3.05) is 39.5 Å². The maximum Gasteiger partial charge on any atom is 0.269 e. The molecule has 1 heterocycles. The van der Waals surface area contributed by atoms with Crippen LogP contribution in [0.25, 0.3) is 0 Å². The van der Waals surface area contributed by atoms with Gasteiger partial charge in [0.2, 0.25) is 0 Å². The molecule has 0 amide bonds. The molecule has 6 heteroatoms. The van der Waals surface area contributed by atoms with Crippen molar-refractivity contribution < 1.29 is 14.4 Å². The Bertz CT molecular complexity index is 444. The molecular weight excluding hydrogens is 284 g/mol. The molecule has 0 radical (unpaired) electrons. The molecule has 122 valence electrons. The number of non-ortho nitro benzene ring substituents is 1. The number of morpholine rings is 1. The third kappa shape index (κ3) is 5.99. The van der Waals surface area contributed by atoms with Gasteiger partial charge < -0.3 is 9.47 Å². The van der Waals surface area contributed by atoms with Gasteiger partial charge in [-0.1, -0.05) is 12.8 Å². The Balaban J connectivity index is 1.49. The Labute approximate surface area is 131 Å². The van der Waals surface area contributed by atoms with Gasteiger partial charge in [0.1, 0.15) is 5.75 Å². The summed E-state index contributed by atoms with van der Waals surface area (Å²) in [4.78, 5) is 12.6. The molecule has 1 saturated heterocycles. The fraction of sp³-hybridized carbons (Fsp3) is 0.625. The van der Waals surface area contributed by atoms with Crippen LogP contribution in [-0.2, 0) is 4.74 Å². The van der Waals surface area contributed by atoms with Gasteiger partial charge in [-0.15, -0.1) is 0 Å². The molecule has 1 aromatic carbocycles. The number of hydrogen-bond acceptors (Lipinski definition) is 5. The van der Waals surface area contributed by atoms with E-state index in [0.717, 1.165) is 45.7 Å². The number of rotatable bonds is 9. The Morgan fingerprint density at radius 1 is 1.09 bits per heavy atom. The van der Waals surface area contributed by atoms with E-state index in [2.05, 4.69) is 4.90 Å². The largest absolute Gasteiger partial charge is 0.494 e. The maximum atomic E-state index is 10.5. The number of benzene rings is 1. The van der Waals surface area contributed by atoms with Gasteiger partial charge in [-0.2, -0.15) is 0 Å². The highest BCUT2D eigenvalue weighted by molar-refractivity contribution is 5.35. The molecular formula is C16H24N2O4. The summed E-state index contributed by atoms with van der Waals surface area (Å²) in [6.07, 6.45) is 4.59. The van der Waals surface area contributed by atoms with E-state index in [-0.39, 0.29) is 5.69 Å². The predicted octanol–water partition coefficient (Wildman–Crippen LogP) is 2.87. The number of nitro benzene ring substituents is 1. The average Bonchev–Trinajstić information content (AvgIpc) is 2.55. The van der Waals surface area contributed by atoms with Crippen LogP contribution in [0.1, 0.15) is 25.7 Å². The standard InChI is InChI=1S/C16H24N2O4/c19-18(20)15-5-7-16(8-6-15)22-12-4-2-1-3-9-17-10-13-21-14-11-17/h5-8H,1-4,9-14H2. The summed E-state index contributed by atoms with van der Waals surface area (Å²) in [5, 5.41) is 10.5. The zero-order valence-corrected chi connectivity index (χ0v) is 12.9. The molecule has 2 rings (SSSR count). The van der Waals surface area contributed by atoms with Crippen molar-refractivity contribution in [1.82, 2.24) is 4.90 Å². The molecule has 0 bridgehead atoms. The number of nitro groups is 1. The molecule has 0 aromatic heterocycles. The summed E-state index contributed by atoms with van der Waals surface area (Å²) in [5.74, 6) is 0.693. The van der Waals surface area contributed by atoms with Gasteiger partial charge in [0.25, 0.3) is 5.69 Å². The van der Waals surface area contributed by atoms with Crippen molar-refractivity contribution in [3.8, 4) is 5.75 Å². The molecule has 0 atom stereocenters. The minimum Gasteiger partial charge on any atom is -0.494 e. The van der Waals surface area contributed by atoms with Crippen LogP contribution in [-0.4, -0.2) is 49.3 Å². The lowest BCUT2D eigenvalue weighted by Crippen LogP contribution is -2.36. The van der Waals surface area contributed by atoms with Crippen LogP contribution in [0.4, 0.5) is 5.69 Å². The highest BCUT2D eigenvalue weighted by Gasteiger charge is 2.09. The van der Waals surface area contributed by atoms with E-state index < -0.39 is 4.92 Å². The van der Waals surface area contributed by atoms with Crippen LogP contribution < -0.4 is 4.74 Å². The van der Waals surface area contributed by atoms with Gasteiger partial charge in [0, 0.05) is 25.2 Å². The summed E-state index contributed by atoms with van der Waals surface area (Å²) in [6, 6.07) is 6.24. The number of unbranched alkanes of at least 4 members (excludes halogenated alkanes) is 3. The van der Waals surface area contributed by atoms with E-state index in [1.54, 1.807) is 12.1 Å². The molecule has 22 heavy (non-hydrogen) atoms. The molecule has 0 unspecified atom stereocenters. The smallest absolute Gasteiger partial charge is 0.269 e. The second kappa shape index (κ2) is 9.38.